The molecule has 1 unspecified atom stereocenters. The summed E-state index contributed by atoms with van der Waals surface area (Å²) >= 11 is 0. The molecule has 14 heavy (non-hydrogen) atoms. The lowest BCUT2D eigenvalue weighted by Gasteiger charge is -2.06. The van der Waals surface area contributed by atoms with Gasteiger partial charge in [-0.05, 0) is 31.0 Å². The smallest absolute Gasteiger partial charge is 0.135 e. The zero-order valence-corrected chi connectivity index (χ0v) is 8.05. The molecule has 0 aliphatic carbocycles. The first kappa shape index (κ1) is 9.21. The SMILES string of the molecule is CC(N)Cc1ccc2[nH]ccc2c1F. The molecule has 0 aliphatic rings. The summed E-state index contributed by atoms with van der Waals surface area (Å²) in [6.07, 6.45) is 2.32. The second-order valence-corrected chi connectivity index (χ2v) is 3.66. The van der Waals surface area contributed by atoms with E-state index in [1.165, 1.54) is 0 Å². The van der Waals surface area contributed by atoms with E-state index in [-0.39, 0.29) is 11.9 Å². The van der Waals surface area contributed by atoms with E-state index in [1.807, 2.05) is 13.0 Å². The summed E-state index contributed by atoms with van der Waals surface area (Å²) in [5.74, 6) is -0.152. The van der Waals surface area contributed by atoms with Crippen LogP contribution >= 0.6 is 0 Å². The molecule has 3 N–H and O–H groups in total. The van der Waals surface area contributed by atoms with Gasteiger partial charge >= 0.3 is 0 Å². The van der Waals surface area contributed by atoms with E-state index < -0.39 is 0 Å². The molecule has 0 fully saturated rings. The summed E-state index contributed by atoms with van der Waals surface area (Å²) in [4.78, 5) is 2.97. The van der Waals surface area contributed by atoms with E-state index in [9.17, 15) is 4.39 Å². The van der Waals surface area contributed by atoms with Crippen LogP contribution in [0.2, 0.25) is 0 Å². The van der Waals surface area contributed by atoms with Gasteiger partial charge in [0.25, 0.3) is 0 Å². The molecule has 1 atom stereocenters. The Morgan fingerprint density at radius 2 is 2.21 bits per heavy atom. The predicted octanol–water partition coefficient (Wildman–Crippen LogP) is 2.20. The third kappa shape index (κ3) is 1.51. The van der Waals surface area contributed by atoms with Crippen LogP contribution in [0.4, 0.5) is 4.39 Å². The second kappa shape index (κ2) is 3.42. The number of aromatic nitrogens is 1. The van der Waals surface area contributed by atoms with E-state index in [1.54, 1.807) is 18.3 Å². The number of H-pyrrole nitrogens is 1. The van der Waals surface area contributed by atoms with Gasteiger partial charge in [0.15, 0.2) is 0 Å². The van der Waals surface area contributed by atoms with Crippen LogP contribution < -0.4 is 5.73 Å². The van der Waals surface area contributed by atoms with Crippen LogP contribution in [0.3, 0.4) is 0 Å². The lowest BCUT2D eigenvalue weighted by Crippen LogP contribution is -2.18. The Balaban J connectivity index is 2.51. The summed E-state index contributed by atoms with van der Waals surface area (Å²) in [6.45, 7) is 1.88. The topological polar surface area (TPSA) is 41.8 Å². The minimum absolute atomic E-state index is 0.0131. The lowest BCUT2D eigenvalue weighted by atomic mass is 10.1. The Morgan fingerprint density at radius 3 is 2.93 bits per heavy atom. The minimum atomic E-state index is -0.152. The maximum atomic E-state index is 13.8. The van der Waals surface area contributed by atoms with Crippen LogP contribution in [0.1, 0.15) is 12.5 Å². The molecule has 1 aromatic heterocycles. The number of fused-ring (bicyclic) bond motifs is 1. The zero-order valence-electron chi connectivity index (χ0n) is 8.05. The molecule has 0 aliphatic heterocycles. The van der Waals surface area contributed by atoms with E-state index in [2.05, 4.69) is 4.98 Å². The van der Waals surface area contributed by atoms with Gasteiger partial charge in [-0.1, -0.05) is 6.07 Å². The quantitative estimate of drug-likeness (QED) is 0.752. The van der Waals surface area contributed by atoms with Crippen LogP contribution in [0.25, 0.3) is 10.9 Å². The number of nitrogens with one attached hydrogen (secondary N) is 1. The third-order valence-corrected chi connectivity index (χ3v) is 2.29. The molecule has 2 aromatic rings. The first-order valence-corrected chi connectivity index (χ1v) is 4.68. The van der Waals surface area contributed by atoms with Crippen LogP contribution in [0.15, 0.2) is 24.4 Å². The molecule has 0 bridgehead atoms. The molecule has 1 aromatic carbocycles. The maximum absolute atomic E-state index is 13.8. The number of hydrogen-bond acceptors (Lipinski definition) is 1. The Labute approximate surface area is 81.9 Å². The fourth-order valence-electron chi connectivity index (χ4n) is 1.65. The maximum Gasteiger partial charge on any atom is 0.135 e. The average molecular weight is 192 g/mol. The van der Waals surface area contributed by atoms with Crippen molar-refractivity contribution in [1.82, 2.24) is 4.98 Å². The number of nitrogens with two attached hydrogens (primary N) is 1. The molecule has 74 valence electrons. The normalized spacial score (nSPS) is 13.4. The molecule has 2 rings (SSSR count). The summed E-state index contributed by atoms with van der Waals surface area (Å²) in [6, 6.07) is 5.41. The summed E-state index contributed by atoms with van der Waals surface area (Å²) < 4.78 is 13.8. The van der Waals surface area contributed by atoms with Gasteiger partial charge in [-0.15, -0.1) is 0 Å². The molecular formula is C11H13FN2. The highest BCUT2D eigenvalue weighted by atomic mass is 19.1. The first-order chi connectivity index (χ1) is 6.68. The highest BCUT2D eigenvalue weighted by Crippen LogP contribution is 2.20. The van der Waals surface area contributed by atoms with Crippen molar-refractivity contribution in [2.45, 2.75) is 19.4 Å². The van der Waals surface area contributed by atoms with E-state index >= 15 is 0 Å². The lowest BCUT2D eigenvalue weighted by molar-refractivity contribution is 0.607. The largest absolute Gasteiger partial charge is 0.361 e. The molecule has 1 heterocycles. The first-order valence-electron chi connectivity index (χ1n) is 4.68. The van der Waals surface area contributed by atoms with Crippen molar-refractivity contribution in [2.24, 2.45) is 5.73 Å². The van der Waals surface area contributed by atoms with E-state index in [4.69, 9.17) is 5.73 Å². The Hall–Kier alpha value is -1.35. The van der Waals surface area contributed by atoms with Crippen molar-refractivity contribution in [1.29, 1.82) is 0 Å². The van der Waals surface area contributed by atoms with Crippen LogP contribution in [0.5, 0.6) is 0 Å². The average Bonchev–Trinajstić information content (AvgIpc) is 2.57. The second-order valence-electron chi connectivity index (χ2n) is 3.66. The fourth-order valence-corrected chi connectivity index (χ4v) is 1.65. The highest BCUT2D eigenvalue weighted by Gasteiger charge is 2.08. The Morgan fingerprint density at radius 1 is 1.43 bits per heavy atom. The molecule has 0 saturated carbocycles. The predicted molar refractivity (Wildman–Crippen MR) is 55.6 cm³/mol. The van der Waals surface area contributed by atoms with Crippen molar-refractivity contribution >= 4 is 10.9 Å². The standard InChI is InChI=1S/C11H13FN2/c1-7(13)6-8-2-3-10-9(11(8)12)4-5-14-10/h2-5,7,14H,6,13H2,1H3. The number of hydrogen-bond donors (Lipinski definition) is 2. The molecule has 0 spiro atoms. The van der Waals surface area contributed by atoms with Crippen molar-refractivity contribution in [3.05, 3.63) is 35.8 Å². The summed E-state index contributed by atoms with van der Waals surface area (Å²) in [5, 5.41) is 0.642. The summed E-state index contributed by atoms with van der Waals surface area (Å²) in [5.41, 5.74) is 7.15. The zero-order chi connectivity index (χ0) is 10.1. The molecule has 0 radical (unpaired) electrons. The molecule has 0 amide bonds. The molecule has 2 nitrogen and oxygen atoms in total. The van der Waals surface area contributed by atoms with Gasteiger partial charge in [0.1, 0.15) is 5.82 Å². The molecular weight excluding hydrogens is 179 g/mol. The number of rotatable bonds is 2. The van der Waals surface area contributed by atoms with Gasteiger partial charge in [0.05, 0.1) is 0 Å². The van der Waals surface area contributed by atoms with Gasteiger partial charge in [0, 0.05) is 23.1 Å². The van der Waals surface area contributed by atoms with E-state index in [0.717, 1.165) is 5.52 Å². The van der Waals surface area contributed by atoms with Crippen molar-refractivity contribution in [2.75, 3.05) is 0 Å². The van der Waals surface area contributed by atoms with Crippen LogP contribution in [-0.2, 0) is 6.42 Å². The number of halogens is 1. The number of aromatic amines is 1. The van der Waals surface area contributed by atoms with Crippen molar-refractivity contribution < 1.29 is 4.39 Å². The molecule has 0 saturated heterocycles. The number of benzene rings is 1. The van der Waals surface area contributed by atoms with Crippen LogP contribution in [-0.4, -0.2) is 11.0 Å². The van der Waals surface area contributed by atoms with Crippen molar-refractivity contribution in [3.63, 3.8) is 0 Å². The monoisotopic (exact) mass is 192 g/mol. The van der Waals surface area contributed by atoms with Gasteiger partial charge in [-0.3, -0.25) is 0 Å². The fraction of sp³-hybridized carbons (Fsp3) is 0.273. The highest BCUT2D eigenvalue weighted by molar-refractivity contribution is 5.80. The minimum Gasteiger partial charge on any atom is -0.361 e. The van der Waals surface area contributed by atoms with Gasteiger partial charge in [-0.25, -0.2) is 4.39 Å². The van der Waals surface area contributed by atoms with Gasteiger partial charge < -0.3 is 10.7 Å². The molecule has 3 heteroatoms. The third-order valence-electron chi connectivity index (χ3n) is 2.29. The Bertz CT molecular complexity index is 445. The van der Waals surface area contributed by atoms with E-state index in [0.29, 0.717) is 17.4 Å². The van der Waals surface area contributed by atoms with Crippen molar-refractivity contribution in [3.8, 4) is 0 Å². The van der Waals surface area contributed by atoms with Crippen LogP contribution in [0, 0.1) is 5.82 Å². The Kier molecular flexibility index (Phi) is 2.25. The van der Waals surface area contributed by atoms with Gasteiger partial charge in [-0.2, -0.15) is 0 Å². The van der Waals surface area contributed by atoms with Gasteiger partial charge in [0.2, 0.25) is 0 Å². The summed E-state index contributed by atoms with van der Waals surface area (Å²) in [7, 11) is 0.